The molecule has 96 valence electrons. The molecule has 1 aliphatic heterocycles. The van der Waals surface area contributed by atoms with Gasteiger partial charge in [0.2, 0.25) is 0 Å². The normalized spacial score (nSPS) is 24.2. The van der Waals surface area contributed by atoms with E-state index in [1.54, 1.807) is 0 Å². The first-order valence-corrected chi connectivity index (χ1v) is 7.07. The van der Waals surface area contributed by atoms with Crippen LogP contribution < -0.4 is 0 Å². The van der Waals surface area contributed by atoms with E-state index in [4.69, 9.17) is 16.3 Å². The van der Waals surface area contributed by atoms with Gasteiger partial charge in [0.1, 0.15) is 0 Å². The van der Waals surface area contributed by atoms with Crippen molar-refractivity contribution in [2.45, 2.75) is 58.2 Å². The lowest BCUT2D eigenvalue weighted by atomic mass is 10.1. The SMILES string of the molecule is CCCCN(CCCl)CC1CCC(C)(C)O1. The van der Waals surface area contributed by atoms with E-state index in [9.17, 15) is 0 Å². The first-order chi connectivity index (χ1) is 7.57. The van der Waals surface area contributed by atoms with Crippen molar-refractivity contribution in [3.8, 4) is 0 Å². The van der Waals surface area contributed by atoms with Gasteiger partial charge in [0.15, 0.2) is 0 Å². The largest absolute Gasteiger partial charge is 0.371 e. The zero-order valence-corrected chi connectivity index (χ0v) is 11.7. The molecule has 1 saturated heterocycles. The van der Waals surface area contributed by atoms with Gasteiger partial charge in [0.05, 0.1) is 11.7 Å². The summed E-state index contributed by atoms with van der Waals surface area (Å²) in [4.78, 5) is 2.45. The summed E-state index contributed by atoms with van der Waals surface area (Å²) in [5.74, 6) is 0.722. The van der Waals surface area contributed by atoms with E-state index in [-0.39, 0.29) is 5.60 Å². The average Bonchev–Trinajstić information content (AvgIpc) is 2.55. The summed E-state index contributed by atoms with van der Waals surface area (Å²) in [7, 11) is 0. The van der Waals surface area contributed by atoms with Crippen molar-refractivity contribution in [1.29, 1.82) is 0 Å². The van der Waals surface area contributed by atoms with Crippen molar-refractivity contribution in [3.05, 3.63) is 0 Å². The summed E-state index contributed by atoms with van der Waals surface area (Å²) in [6.07, 6.45) is 5.29. The lowest BCUT2D eigenvalue weighted by molar-refractivity contribution is -0.0281. The summed E-state index contributed by atoms with van der Waals surface area (Å²) in [6, 6.07) is 0. The lowest BCUT2D eigenvalue weighted by Gasteiger charge is -2.26. The minimum atomic E-state index is 0.0854. The lowest BCUT2D eigenvalue weighted by Crippen LogP contribution is -2.35. The van der Waals surface area contributed by atoms with Gasteiger partial charge in [-0.25, -0.2) is 0 Å². The average molecular weight is 248 g/mol. The Kier molecular flexibility index (Phi) is 6.09. The molecule has 0 saturated carbocycles. The van der Waals surface area contributed by atoms with Crippen LogP contribution in [-0.2, 0) is 4.74 Å². The maximum Gasteiger partial charge on any atom is 0.0710 e. The van der Waals surface area contributed by atoms with Crippen LogP contribution in [0.15, 0.2) is 0 Å². The zero-order valence-electron chi connectivity index (χ0n) is 11.0. The topological polar surface area (TPSA) is 12.5 Å². The Bertz CT molecular complexity index is 196. The van der Waals surface area contributed by atoms with Gasteiger partial charge < -0.3 is 4.74 Å². The highest BCUT2D eigenvalue weighted by molar-refractivity contribution is 6.18. The van der Waals surface area contributed by atoms with Gasteiger partial charge in [-0.1, -0.05) is 13.3 Å². The Hall–Kier alpha value is 0.210. The Morgan fingerprint density at radius 2 is 2.12 bits per heavy atom. The second kappa shape index (κ2) is 6.83. The van der Waals surface area contributed by atoms with Crippen molar-refractivity contribution in [1.82, 2.24) is 4.90 Å². The van der Waals surface area contributed by atoms with Crippen LogP contribution >= 0.6 is 11.6 Å². The molecule has 0 radical (unpaired) electrons. The molecule has 0 aromatic carbocycles. The molecule has 16 heavy (non-hydrogen) atoms. The van der Waals surface area contributed by atoms with E-state index in [2.05, 4.69) is 25.7 Å². The smallest absolute Gasteiger partial charge is 0.0710 e. The van der Waals surface area contributed by atoms with E-state index < -0.39 is 0 Å². The van der Waals surface area contributed by atoms with E-state index in [0.29, 0.717) is 6.10 Å². The standard InChI is InChI=1S/C13H26ClNO/c1-4-5-9-15(10-8-14)11-12-6-7-13(2,3)16-12/h12H,4-11H2,1-3H3. The predicted octanol–water partition coefficient (Wildman–Crippen LogP) is 3.28. The Labute approximate surface area is 105 Å². The molecule has 0 aromatic heterocycles. The highest BCUT2D eigenvalue weighted by Crippen LogP contribution is 2.29. The quantitative estimate of drug-likeness (QED) is 0.641. The minimum Gasteiger partial charge on any atom is -0.371 e. The van der Waals surface area contributed by atoms with Crippen molar-refractivity contribution < 1.29 is 4.74 Å². The molecule has 1 rings (SSSR count). The molecule has 3 heteroatoms. The number of alkyl halides is 1. The Morgan fingerprint density at radius 1 is 1.38 bits per heavy atom. The molecule has 1 aliphatic rings. The number of unbranched alkanes of at least 4 members (excludes halogenated alkanes) is 1. The van der Waals surface area contributed by atoms with E-state index >= 15 is 0 Å². The second-order valence-corrected chi connectivity index (χ2v) is 5.76. The number of ether oxygens (including phenoxy) is 1. The second-order valence-electron chi connectivity index (χ2n) is 5.38. The third-order valence-corrected chi connectivity index (χ3v) is 3.41. The zero-order chi connectivity index (χ0) is 12.0. The molecule has 1 unspecified atom stereocenters. The van der Waals surface area contributed by atoms with Gasteiger partial charge in [-0.05, 0) is 39.7 Å². The van der Waals surface area contributed by atoms with Gasteiger partial charge in [0.25, 0.3) is 0 Å². The van der Waals surface area contributed by atoms with E-state index in [1.807, 2.05) is 0 Å². The number of halogens is 1. The monoisotopic (exact) mass is 247 g/mol. The van der Waals surface area contributed by atoms with Crippen LogP contribution in [0.5, 0.6) is 0 Å². The first-order valence-electron chi connectivity index (χ1n) is 6.53. The molecule has 2 nitrogen and oxygen atoms in total. The van der Waals surface area contributed by atoms with Crippen molar-refractivity contribution in [2.75, 3.05) is 25.5 Å². The summed E-state index contributed by atoms with van der Waals surface area (Å²) in [5.41, 5.74) is 0.0854. The van der Waals surface area contributed by atoms with Gasteiger partial charge in [-0.2, -0.15) is 0 Å². The van der Waals surface area contributed by atoms with Crippen molar-refractivity contribution in [2.24, 2.45) is 0 Å². The highest BCUT2D eigenvalue weighted by atomic mass is 35.5. The number of hydrogen-bond acceptors (Lipinski definition) is 2. The minimum absolute atomic E-state index is 0.0854. The van der Waals surface area contributed by atoms with Crippen LogP contribution in [0.3, 0.4) is 0 Å². The van der Waals surface area contributed by atoms with Gasteiger partial charge >= 0.3 is 0 Å². The molecule has 0 spiro atoms. The third-order valence-electron chi connectivity index (χ3n) is 3.24. The number of rotatable bonds is 7. The summed E-state index contributed by atoms with van der Waals surface area (Å²) >= 11 is 5.83. The molecule has 0 aromatic rings. The van der Waals surface area contributed by atoms with Crippen LogP contribution in [0, 0.1) is 0 Å². The molecular formula is C13H26ClNO. The van der Waals surface area contributed by atoms with Gasteiger partial charge in [-0.3, -0.25) is 4.90 Å². The summed E-state index contributed by atoms with van der Waals surface area (Å²) in [5, 5.41) is 0. The summed E-state index contributed by atoms with van der Waals surface area (Å²) < 4.78 is 6.02. The van der Waals surface area contributed by atoms with Crippen molar-refractivity contribution in [3.63, 3.8) is 0 Å². The molecule has 0 N–H and O–H groups in total. The molecule has 1 fully saturated rings. The number of nitrogens with zero attached hydrogens (tertiary/aromatic N) is 1. The van der Waals surface area contributed by atoms with E-state index in [0.717, 1.165) is 25.5 Å². The molecule has 1 heterocycles. The molecule has 0 aliphatic carbocycles. The maximum absolute atomic E-state index is 6.02. The van der Waals surface area contributed by atoms with Gasteiger partial charge in [-0.15, -0.1) is 11.6 Å². The molecular weight excluding hydrogens is 222 g/mol. The fourth-order valence-electron chi connectivity index (χ4n) is 2.29. The molecule has 0 bridgehead atoms. The van der Waals surface area contributed by atoms with Crippen molar-refractivity contribution >= 4 is 11.6 Å². The first kappa shape index (κ1) is 14.3. The third kappa shape index (κ3) is 5.03. The van der Waals surface area contributed by atoms with Crippen LogP contribution in [0.2, 0.25) is 0 Å². The summed E-state index contributed by atoms with van der Waals surface area (Å²) in [6.45, 7) is 9.80. The predicted molar refractivity (Wildman–Crippen MR) is 70.3 cm³/mol. The van der Waals surface area contributed by atoms with Crippen LogP contribution in [0.4, 0.5) is 0 Å². The van der Waals surface area contributed by atoms with Gasteiger partial charge in [0, 0.05) is 19.0 Å². The van der Waals surface area contributed by atoms with Crippen LogP contribution in [0.1, 0.15) is 46.5 Å². The van der Waals surface area contributed by atoms with E-state index in [1.165, 1.54) is 25.7 Å². The molecule has 0 amide bonds. The fourth-order valence-corrected chi connectivity index (χ4v) is 2.53. The maximum atomic E-state index is 6.02. The Balaban J connectivity index is 2.31. The van der Waals surface area contributed by atoms with Crippen LogP contribution in [0.25, 0.3) is 0 Å². The fraction of sp³-hybridized carbons (Fsp3) is 1.00. The highest BCUT2D eigenvalue weighted by Gasteiger charge is 2.32. The Morgan fingerprint density at radius 3 is 2.62 bits per heavy atom. The molecule has 1 atom stereocenters. The van der Waals surface area contributed by atoms with Crippen LogP contribution in [-0.4, -0.2) is 42.1 Å². The number of hydrogen-bond donors (Lipinski definition) is 0.